The third kappa shape index (κ3) is 2.40. The average Bonchev–Trinajstić information content (AvgIpc) is 2.29. The summed E-state index contributed by atoms with van der Waals surface area (Å²) in [6.45, 7) is 1.31. The number of aromatic nitrogens is 2. The molecule has 0 spiro atoms. The number of para-hydroxylation sites is 1. The summed E-state index contributed by atoms with van der Waals surface area (Å²) in [5, 5.41) is 4.38. The molecular weight excluding hydrogens is 226 g/mol. The molecule has 1 N–H and O–H groups in total. The van der Waals surface area contributed by atoms with Crippen molar-refractivity contribution >= 4 is 28.3 Å². The van der Waals surface area contributed by atoms with E-state index in [4.69, 9.17) is 16.3 Å². The largest absolute Gasteiger partial charge is 0.383 e. The van der Waals surface area contributed by atoms with Crippen molar-refractivity contribution in [3.8, 4) is 0 Å². The normalized spacial score (nSPS) is 10.6. The van der Waals surface area contributed by atoms with E-state index >= 15 is 0 Å². The molecule has 0 amide bonds. The van der Waals surface area contributed by atoms with E-state index in [0.29, 0.717) is 13.2 Å². The molecule has 0 aliphatic carbocycles. The average molecular weight is 238 g/mol. The highest BCUT2D eigenvalue weighted by Gasteiger charge is 2.04. The van der Waals surface area contributed by atoms with Gasteiger partial charge in [0, 0.05) is 19.0 Å². The summed E-state index contributed by atoms with van der Waals surface area (Å²) in [6.07, 6.45) is 0. The second kappa shape index (κ2) is 5.09. The molecule has 2 rings (SSSR count). The van der Waals surface area contributed by atoms with Crippen LogP contribution in [0.2, 0.25) is 5.28 Å². The highest BCUT2D eigenvalue weighted by molar-refractivity contribution is 6.28. The molecule has 0 atom stereocenters. The molecule has 0 radical (unpaired) electrons. The number of hydrogen-bond donors (Lipinski definition) is 1. The fourth-order valence-corrected chi connectivity index (χ4v) is 1.63. The Morgan fingerprint density at radius 2 is 2.12 bits per heavy atom. The first-order chi connectivity index (χ1) is 7.81. The Balaban J connectivity index is 2.34. The van der Waals surface area contributed by atoms with E-state index in [9.17, 15) is 0 Å². The van der Waals surface area contributed by atoms with Crippen LogP contribution in [0, 0.1) is 0 Å². The lowest BCUT2D eigenvalue weighted by Gasteiger charge is -2.08. The SMILES string of the molecule is COCCNc1nc(Cl)nc2ccccc12. The highest BCUT2D eigenvalue weighted by Crippen LogP contribution is 2.21. The number of anilines is 1. The van der Waals surface area contributed by atoms with Crippen LogP contribution in [0.3, 0.4) is 0 Å². The maximum atomic E-state index is 5.84. The lowest BCUT2D eigenvalue weighted by Crippen LogP contribution is -2.09. The molecule has 1 aromatic heterocycles. The second-order valence-corrected chi connectivity index (χ2v) is 3.62. The van der Waals surface area contributed by atoms with Crippen molar-refractivity contribution < 1.29 is 4.74 Å². The Labute approximate surface area is 98.6 Å². The molecule has 0 bridgehead atoms. The standard InChI is InChI=1S/C11H12ClN3O/c1-16-7-6-13-10-8-4-2-3-5-9(8)14-11(12)15-10/h2-5H,6-7H2,1H3,(H,13,14,15). The van der Waals surface area contributed by atoms with Crippen LogP contribution in [0.1, 0.15) is 0 Å². The van der Waals surface area contributed by atoms with Gasteiger partial charge in [0.1, 0.15) is 5.82 Å². The van der Waals surface area contributed by atoms with Crippen LogP contribution in [0.15, 0.2) is 24.3 Å². The summed E-state index contributed by atoms with van der Waals surface area (Å²) in [5.41, 5.74) is 0.836. The first-order valence-corrected chi connectivity index (χ1v) is 5.34. The summed E-state index contributed by atoms with van der Waals surface area (Å²) in [5.74, 6) is 0.743. The van der Waals surface area contributed by atoms with Gasteiger partial charge in [0.15, 0.2) is 0 Å². The lowest BCUT2D eigenvalue weighted by atomic mass is 10.2. The molecule has 0 saturated carbocycles. The van der Waals surface area contributed by atoms with Gasteiger partial charge >= 0.3 is 0 Å². The van der Waals surface area contributed by atoms with E-state index in [1.807, 2.05) is 24.3 Å². The third-order valence-corrected chi connectivity index (χ3v) is 2.34. The van der Waals surface area contributed by atoms with E-state index in [1.165, 1.54) is 0 Å². The minimum Gasteiger partial charge on any atom is -0.383 e. The van der Waals surface area contributed by atoms with Crippen molar-refractivity contribution in [2.45, 2.75) is 0 Å². The van der Waals surface area contributed by atoms with Crippen LogP contribution in [0.25, 0.3) is 10.9 Å². The number of nitrogens with zero attached hydrogens (tertiary/aromatic N) is 2. The van der Waals surface area contributed by atoms with E-state index < -0.39 is 0 Å². The second-order valence-electron chi connectivity index (χ2n) is 3.28. The zero-order chi connectivity index (χ0) is 11.4. The minimum atomic E-state index is 0.249. The number of fused-ring (bicyclic) bond motifs is 1. The zero-order valence-electron chi connectivity index (χ0n) is 8.90. The molecule has 1 heterocycles. The van der Waals surface area contributed by atoms with Crippen molar-refractivity contribution in [2.75, 3.05) is 25.6 Å². The highest BCUT2D eigenvalue weighted by atomic mass is 35.5. The molecule has 16 heavy (non-hydrogen) atoms. The first kappa shape index (κ1) is 11.1. The molecule has 1 aromatic carbocycles. The van der Waals surface area contributed by atoms with Gasteiger partial charge in [-0.25, -0.2) is 9.97 Å². The third-order valence-electron chi connectivity index (χ3n) is 2.17. The summed E-state index contributed by atoms with van der Waals surface area (Å²) in [7, 11) is 1.66. The maximum Gasteiger partial charge on any atom is 0.224 e. The van der Waals surface area contributed by atoms with E-state index in [2.05, 4.69) is 15.3 Å². The van der Waals surface area contributed by atoms with Gasteiger partial charge in [-0.2, -0.15) is 0 Å². The minimum absolute atomic E-state index is 0.249. The molecule has 2 aromatic rings. The number of rotatable bonds is 4. The van der Waals surface area contributed by atoms with Crippen molar-refractivity contribution in [2.24, 2.45) is 0 Å². The number of ether oxygens (including phenoxy) is 1. The zero-order valence-corrected chi connectivity index (χ0v) is 9.66. The number of nitrogens with one attached hydrogen (secondary N) is 1. The molecule has 4 nitrogen and oxygen atoms in total. The van der Waals surface area contributed by atoms with Gasteiger partial charge in [0.05, 0.1) is 12.1 Å². The van der Waals surface area contributed by atoms with Gasteiger partial charge < -0.3 is 10.1 Å². The summed E-state index contributed by atoms with van der Waals surface area (Å²) >= 11 is 5.84. The molecule has 0 aliphatic heterocycles. The Morgan fingerprint density at radius 1 is 1.31 bits per heavy atom. The Hall–Kier alpha value is -1.39. The lowest BCUT2D eigenvalue weighted by molar-refractivity contribution is 0.210. The summed E-state index contributed by atoms with van der Waals surface area (Å²) < 4.78 is 4.97. The predicted molar refractivity (Wildman–Crippen MR) is 64.9 cm³/mol. The van der Waals surface area contributed by atoms with E-state index in [0.717, 1.165) is 16.7 Å². The topological polar surface area (TPSA) is 47.0 Å². The molecular formula is C11H12ClN3O. The quantitative estimate of drug-likeness (QED) is 0.655. The van der Waals surface area contributed by atoms with E-state index in [-0.39, 0.29) is 5.28 Å². The van der Waals surface area contributed by atoms with Gasteiger partial charge in [-0.1, -0.05) is 12.1 Å². The fraction of sp³-hybridized carbons (Fsp3) is 0.273. The summed E-state index contributed by atoms with van der Waals surface area (Å²) in [4.78, 5) is 8.31. The number of methoxy groups -OCH3 is 1. The smallest absolute Gasteiger partial charge is 0.224 e. The molecule has 0 aliphatic rings. The first-order valence-electron chi connectivity index (χ1n) is 4.96. The van der Waals surface area contributed by atoms with Gasteiger partial charge in [0.2, 0.25) is 5.28 Å². The van der Waals surface area contributed by atoms with Gasteiger partial charge in [0.25, 0.3) is 0 Å². The monoisotopic (exact) mass is 237 g/mol. The number of benzene rings is 1. The van der Waals surface area contributed by atoms with Crippen molar-refractivity contribution in [3.05, 3.63) is 29.5 Å². The van der Waals surface area contributed by atoms with Crippen LogP contribution in [-0.4, -0.2) is 30.2 Å². The number of hydrogen-bond acceptors (Lipinski definition) is 4. The molecule has 5 heteroatoms. The van der Waals surface area contributed by atoms with Crippen LogP contribution < -0.4 is 5.32 Å². The van der Waals surface area contributed by atoms with Gasteiger partial charge in [-0.15, -0.1) is 0 Å². The summed E-state index contributed by atoms with van der Waals surface area (Å²) in [6, 6.07) is 7.73. The fourth-order valence-electron chi connectivity index (χ4n) is 1.45. The molecule has 0 saturated heterocycles. The van der Waals surface area contributed by atoms with Crippen LogP contribution in [-0.2, 0) is 4.74 Å². The Kier molecular flexibility index (Phi) is 3.54. The molecule has 84 valence electrons. The van der Waals surface area contributed by atoms with Gasteiger partial charge in [-0.05, 0) is 23.7 Å². The molecule has 0 unspecified atom stereocenters. The van der Waals surface area contributed by atoms with Crippen molar-refractivity contribution in [1.29, 1.82) is 0 Å². The van der Waals surface area contributed by atoms with Crippen molar-refractivity contribution in [3.63, 3.8) is 0 Å². The van der Waals surface area contributed by atoms with Gasteiger partial charge in [-0.3, -0.25) is 0 Å². The van der Waals surface area contributed by atoms with E-state index in [1.54, 1.807) is 7.11 Å². The Bertz CT molecular complexity index is 490. The van der Waals surface area contributed by atoms with Crippen LogP contribution in [0.4, 0.5) is 5.82 Å². The van der Waals surface area contributed by atoms with Crippen LogP contribution >= 0.6 is 11.6 Å². The number of halogens is 1. The van der Waals surface area contributed by atoms with Crippen LogP contribution in [0.5, 0.6) is 0 Å². The maximum absolute atomic E-state index is 5.84. The Morgan fingerprint density at radius 3 is 2.94 bits per heavy atom. The predicted octanol–water partition coefficient (Wildman–Crippen LogP) is 2.34. The molecule has 0 fully saturated rings. The van der Waals surface area contributed by atoms with Crippen molar-refractivity contribution in [1.82, 2.24) is 9.97 Å².